The summed E-state index contributed by atoms with van der Waals surface area (Å²) in [7, 11) is 1.98. The number of hydrogen-bond donors (Lipinski definition) is 0. The zero-order valence-corrected chi connectivity index (χ0v) is 15.1. The van der Waals surface area contributed by atoms with E-state index in [1.54, 1.807) is 10.7 Å². The fraction of sp³-hybridized carbons (Fsp3) is 0.611. The summed E-state index contributed by atoms with van der Waals surface area (Å²) in [6.45, 7) is 10.2. The van der Waals surface area contributed by atoms with E-state index in [1.165, 1.54) is 5.69 Å². The summed E-state index contributed by atoms with van der Waals surface area (Å²) in [6, 6.07) is 5.56. The third-order valence-corrected chi connectivity index (χ3v) is 4.71. The quantitative estimate of drug-likeness (QED) is 0.833. The van der Waals surface area contributed by atoms with Crippen LogP contribution in [0.4, 0.5) is 0 Å². The largest absolute Gasteiger partial charge is 0.302 e. The maximum Gasteiger partial charge on any atom is 0.266 e. The molecule has 0 saturated carbocycles. The van der Waals surface area contributed by atoms with Crippen LogP contribution in [0.15, 0.2) is 29.2 Å². The minimum Gasteiger partial charge on any atom is -0.302 e. The van der Waals surface area contributed by atoms with E-state index >= 15 is 0 Å². The third-order valence-electron chi connectivity index (χ3n) is 4.71. The molecular formula is C18H27N5O. The first-order chi connectivity index (χ1) is 11.3. The first-order valence-corrected chi connectivity index (χ1v) is 8.61. The van der Waals surface area contributed by atoms with Gasteiger partial charge in [-0.15, -0.1) is 0 Å². The monoisotopic (exact) mass is 329 g/mol. The van der Waals surface area contributed by atoms with Gasteiger partial charge in [-0.3, -0.25) is 9.48 Å². The fourth-order valence-corrected chi connectivity index (χ4v) is 3.12. The predicted molar refractivity (Wildman–Crippen MR) is 94.0 cm³/mol. The molecule has 3 heterocycles. The third kappa shape index (κ3) is 3.75. The molecule has 1 aliphatic rings. The molecule has 0 amide bonds. The highest BCUT2D eigenvalue weighted by Gasteiger charge is 2.27. The average molecular weight is 329 g/mol. The summed E-state index contributed by atoms with van der Waals surface area (Å²) in [4.78, 5) is 14.5. The van der Waals surface area contributed by atoms with Crippen molar-refractivity contribution in [2.75, 3.05) is 19.6 Å². The summed E-state index contributed by atoms with van der Waals surface area (Å²) in [5.74, 6) is 0.511. The summed E-state index contributed by atoms with van der Waals surface area (Å²) in [5.41, 5.74) is 2.18. The van der Waals surface area contributed by atoms with Crippen LogP contribution in [0, 0.1) is 5.92 Å². The molecule has 0 bridgehead atoms. The Morgan fingerprint density at radius 1 is 1.21 bits per heavy atom. The zero-order valence-electron chi connectivity index (χ0n) is 15.1. The highest BCUT2D eigenvalue weighted by molar-refractivity contribution is 5.10. The molecule has 1 saturated heterocycles. The topological polar surface area (TPSA) is 56.0 Å². The molecular weight excluding hydrogens is 302 g/mol. The average Bonchev–Trinajstić information content (AvgIpc) is 2.87. The van der Waals surface area contributed by atoms with Gasteiger partial charge in [0.05, 0.1) is 12.2 Å². The lowest BCUT2D eigenvalue weighted by Gasteiger charge is -2.39. The highest BCUT2D eigenvalue weighted by Crippen LogP contribution is 2.20. The van der Waals surface area contributed by atoms with E-state index in [0.29, 0.717) is 12.5 Å². The molecule has 2 aromatic heterocycles. The number of likely N-dealkylation sites (tertiary alicyclic amines) is 1. The maximum absolute atomic E-state index is 12.1. The van der Waals surface area contributed by atoms with Gasteiger partial charge in [0.1, 0.15) is 0 Å². The molecule has 6 nitrogen and oxygen atoms in total. The molecule has 0 spiro atoms. The number of aryl methyl sites for hydroxylation is 1. The Balaban J connectivity index is 1.52. The number of nitrogens with zero attached hydrogens (tertiary/aromatic N) is 5. The number of aromatic nitrogens is 4. The van der Waals surface area contributed by atoms with Gasteiger partial charge < -0.3 is 4.90 Å². The number of rotatable bonds is 5. The van der Waals surface area contributed by atoms with Crippen molar-refractivity contribution >= 4 is 0 Å². The number of hydrogen-bond acceptors (Lipinski definition) is 4. The van der Waals surface area contributed by atoms with Crippen molar-refractivity contribution in [3.63, 3.8) is 0 Å². The molecule has 2 aromatic rings. The van der Waals surface area contributed by atoms with E-state index in [2.05, 4.69) is 41.9 Å². The van der Waals surface area contributed by atoms with Gasteiger partial charge in [0.15, 0.2) is 0 Å². The minimum absolute atomic E-state index is 0.00339. The van der Waals surface area contributed by atoms with E-state index in [4.69, 9.17) is 0 Å². The van der Waals surface area contributed by atoms with E-state index < -0.39 is 0 Å². The molecule has 24 heavy (non-hydrogen) atoms. The van der Waals surface area contributed by atoms with Gasteiger partial charge in [0.2, 0.25) is 0 Å². The molecule has 0 aromatic carbocycles. The first kappa shape index (κ1) is 16.9. The highest BCUT2D eigenvalue weighted by atomic mass is 16.1. The summed E-state index contributed by atoms with van der Waals surface area (Å²) < 4.78 is 3.57. The van der Waals surface area contributed by atoms with Gasteiger partial charge in [0.25, 0.3) is 5.56 Å². The molecule has 0 atom stereocenters. The molecule has 3 rings (SSSR count). The molecule has 0 N–H and O–H groups in total. The Morgan fingerprint density at radius 2 is 1.96 bits per heavy atom. The molecule has 6 heteroatoms. The molecule has 1 aliphatic heterocycles. The van der Waals surface area contributed by atoms with Crippen molar-refractivity contribution in [3.05, 3.63) is 46.1 Å². The van der Waals surface area contributed by atoms with E-state index in [9.17, 15) is 4.79 Å². The van der Waals surface area contributed by atoms with Crippen LogP contribution in [0.5, 0.6) is 0 Å². The van der Waals surface area contributed by atoms with Crippen LogP contribution in [-0.4, -0.2) is 44.1 Å². The van der Waals surface area contributed by atoms with Crippen molar-refractivity contribution in [2.24, 2.45) is 13.0 Å². The molecule has 1 fully saturated rings. The smallest absolute Gasteiger partial charge is 0.266 e. The second-order valence-electron chi connectivity index (χ2n) is 7.81. The van der Waals surface area contributed by atoms with E-state index in [-0.39, 0.29) is 11.0 Å². The van der Waals surface area contributed by atoms with Crippen molar-refractivity contribution in [2.45, 2.75) is 39.2 Å². The van der Waals surface area contributed by atoms with Crippen LogP contribution in [0.1, 0.15) is 32.2 Å². The van der Waals surface area contributed by atoms with E-state index in [1.807, 2.05) is 24.0 Å². The Bertz CT molecular complexity index is 749. The summed E-state index contributed by atoms with van der Waals surface area (Å²) >= 11 is 0. The fourth-order valence-electron chi connectivity index (χ4n) is 3.12. The van der Waals surface area contributed by atoms with Crippen molar-refractivity contribution in [1.29, 1.82) is 0 Å². The van der Waals surface area contributed by atoms with Crippen LogP contribution >= 0.6 is 0 Å². The van der Waals surface area contributed by atoms with Crippen molar-refractivity contribution in [1.82, 2.24) is 24.5 Å². The second-order valence-corrected chi connectivity index (χ2v) is 7.81. The predicted octanol–water partition coefficient (Wildman–Crippen LogP) is 1.45. The van der Waals surface area contributed by atoms with Gasteiger partial charge in [-0.05, 0) is 12.1 Å². The Kier molecular flexibility index (Phi) is 4.58. The summed E-state index contributed by atoms with van der Waals surface area (Å²) in [5, 5.41) is 8.76. The minimum atomic E-state index is -0.0375. The molecule has 0 unspecified atom stereocenters. The zero-order chi connectivity index (χ0) is 17.3. The van der Waals surface area contributed by atoms with Gasteiger partial charge in [-0.1, -0.05) is 20.8 Å². The molecule has 0 radical (unpaired) electrons. The standard InChI is InChI=1S/C18H27N5O/c1-18(2,3)16-5-6-17(24)23(20-16)13-14-11-22(12-14)10-8-15-7-9-19-21(15)4/h5-7,9,14H,8,10-13H2,1-4H3. The van der Waals surface area contributed by atoms with Crippen LogP contribution < -0.4 is 5.56 Å². The van der Waals surface area contributed by atoms with E-state index in [0.717, 1.165) is 31.7 Å². The van der Waals surface area contributed by atoms with Crippen LogP contribution in [0.2, 0.25) is 0 Å². The van der Waals surface area contributed by atoms with Gasteiger partial charge in [-0.2, -0.15) is 10.2 Å². The lowest BCUT2D eigenvalue weighted by Crippen LogP contribution is -2.50. The summed E-state index contributed by atoms with van der Waals surface area (Å²) in [6.07, 6.45) is 2.86. The normalized spacial score (nSPS) is 16.3. The van der Waals surface area contributed by atoms with Crippen LogP contribution in [-0.2, 0) is 25.4 Å². The molecule has 0 aliphatic carbocycles. The second kappa shape index (κ2) is 6.51. The molecule has 130 valence electrons. The van der Waals surface area contributed by atoms with Crippen LogP contribution in [0.25, 0.3) is 0 Å². The van der Waals surface area contributed by atoms with Crippen molar-refractivity contribution in [3.8, 4) is 0 Å². The van der Waals surface area contributed by atoms with Gasteiger partial charge in [0, 0.05) is 62.4 Å². The maximum atomic E-state index is 12.1. The van der Waals surface area contributed by atoms with Gasteiger partial charge in [-0.25, -0.2) is 4.68 Å². The lowest BCUT2D eigenvalue weighted by molar-refractivity contribution is 0.0847. The van der Waals surface area contributed by atoms with Crippen LogP contribution in [0.3, 0.4) is 0 Å². The first-order valence-electron chi connectivity index (χ1n) is 8.61. The Morgan fingerprint density at radius 3 is 2.58 bits per heavy atom. The lowest BCUT2D eigenvalue weighted by atomic mass is 9.92. The van der Waals surface area contributed by atoms with Gasteiger partial charge >= 0.3 is 0 Å². The SMILES string of the molecule is Cn1nccc1CCN1CC(Cn2nc(C(C)(C)C)ccc2=O)C1. The van der Waals surface area contributed by atoms with Crippen molar-refractivity contribution < 1.29 is 0 Å². The Hall–Kier alpha value is -1.95. The Labute approximate surface area is 143 Å².